The van der Waals surface area contributed by atoms with Gasteiger partial charge >= 0.3 is 0 Å². The first-order valence-electron chi connectivity index (χ1n) is 8.86. The summed E-state index contributed by atoms with van der Waals surface area (Å²) < 4.78 is 0. The Morgan fingerprint density at radius 1 is 1.09 bits per heavy atom. The van der Waals surface area contributed by atoms with E-state index in [1.165, 1.54) is 29.6 Å². The number of hydrogen-bond donors (Lipinski definition) is 0. The van der Waals surface area contributed by atoms with Crippen molar-refractivity contribution < 1.29 is 0 Å². The molecule has 0 heterocycles. The van der Waals surface area contributed by atoms with E-state index in [4.69, 9.17) is 4.99 Å². The molecule has 0 radical (unpaired) electrons. The molecule has 0 rings (SSSR count). The molecule has 0 aromatic rings. The molecule has 0 fully saturated rings. The predicted octanol–water partition coefficient (Wildman–Crippen LogP) is 7.18. The first-order valence-corrected chi connectivity index (χ1v) is 8.86. The van der Waals surface area contributed by atoms with Crippen molar-refractivity contribution in [3.05, 3.63) is 47.2 Å². The summed E-state index contributed by atoms with van der Waals surface area (Å²) in [5, 5.41) is 0. The van der Waals surface area contributed by atoms with Crippen LogP contribution in [0.15, 0.2) is 52.2 Å². The van der Waals surface area contributed by atoms with Crippen molar-refractivity contribution in [3.8, 4) is 0 Å². The van der Waals surface area contributed by atoms with Gasteiger partial charge in [-0.15, -0.1) is 0 Å². The zero-order valence-corrected chi connectivity index (χ0v) is 15.4. The first-order chi connectivity index (χ1) is 10.6. The smallest absolute Gasteiger partial charge is 0.0401 e. The van der Waals surface area contributed by atoms with Crippen LogP contribution in [0.1, 0.15) is 79.6 Å². The van der Waals surface area contributed by atoms with Crippen LogP contribution in [0.3, 0.4) is 0 Å². The van der Waals surface area contributed by atoms with Crippen molar-refractivity contribution in [2.24, 2.45) is 4.99 Å². The Morgan fingerprint density at radius 3 is 2.32 bits per heavy atom. The van der Waals surface area contributed by atoms with Crippen LogP contribution in [0.2, 0.25) is 0 Å². The molecule has 0 amide bonds. The quantitative estimate of drug-likeness (QED) is 0.283. The molecule has 0 N–H and O–H groups in total. The van der Waals surface area contributed by atoms with Gasteiger partial charge in [0.1, 0.15) is 0 Å². The largest absolute Gasteiger partial charge is 0.261 e. The number of allylic oxidation sites excluding steroid dienone is 6. The molecule has 0 unspecified atom stereocenters. The number of rotatable bonds is 11. The number of aliphatic imine (C=N–C) groups is 1. The van der Waals surface area contributed by atoms with Crippen molar-refractivity contribution in [1.29, 1.82) is 0 Å². The lowest BCUT2D eigenvalue weighted by Gasteiger charge is -2.09. The summed E-state index contributed by atoms with van der Waals surface area (Å²) in [6.07, 6.45) is 16.4. The van der Waals surface area contributed by atoms with Crippen LogP contribution < -0.4 is 0 Å². The van der Waals surface area contributed by atoms with Crippen LogP contribution in [-0.4, -0.2) is 6.21 Å². The van der Waals surface area contributed by atoms with Crippen molar-refractivity contribution >= 4 is 6.21 Å². The molecule has 1 nitrogen and oxygen atoms in total. The summed E-state index contributed by atoms with van der Waals surface area (Å²) in [6, 6.07) is 0. The monoisotopic (exact) mass is 301 g/mol. The Bertz CT molecular complexity index is 433. The highest BCUT2D eigenvalue weighted by molar-refractivity contribution is 5.79. The van der Waals surface area contributed by atoms with E-state index in [0.29, 0.717) is 0 Å². The third-order valence-electron chi connectivity index (χ3n) is 3.73. The number of nitrogens with zero attached hydrogens (tertiary/aromatic N) is 1. The highest BCUT2D eigenvalue weighted by Gasteiger charge is 2.02. The van der Waals surface area contributed by atoms with Crippen LogP contribution in [-0.2, 0) is 0 Å². The van der Waals surface area contributed by atoms with Gasteiger partial charge in [0.05, 0.1) is 0 Å². The average molecular weight is 302 g/mol. The molecule has 0 saturated carbocycles. The Hall–Kier alpha value is -1.37. The van der Waals surface area contributed by atoms with Crippen molar-refractivity contribution in [3.63, 3.8) is 0 Å². The molecule has 1 heteroatoms. The van der Waals surface area contributed by atoms with Crippen LogP contribution >= 0.6 is 0 Å². The van der Waals surface area contributed by atoms with Gasteiger partial charge in [-0.1, -0.05) is 70.1 Å². The average Bonchev–Trinajstić information content (AvgIpc) is 2.54. The fourth-order valence-corrected chi connectivity index (χ4v) is 2.18. The third kappa shape index (κ3) is 9.55. The first kappa shape index (κ1) is 20.6. The van der Waals surface area contributed by atoms with E-state index in [0.717, 1.165) is 37.8 Å². The maximum Gasteiger partial charge on any atom is 0.0401 e. The molecule has 0 bridgehead atoms. The molecule has 0 aromatic carbocycles. The van der Waals surface area contributed by atoms with Gasteiger partial charge in [0, 0.05) is 18.3 Å². The van der Waals surface area contributed by atoms with Gasteiger partial charge < -0.3 is 0 Å². The molecular formula is C21H35N. The molecule has 0 saturated heterocycles. The molecule has 124 valence electrons. The summed E-state index contributed by atoms with van der Waals surface area (Å²) in [4.78, 5) is 4.71. The molecule has 0 aliphatic heterocycles. The summed E-state index contributed by atoms with van der Waals surface area (Å²) in [7, 11) is 0. The molecule has 0 atom stereocenters. The second-order valence-corrected chi connectivity index (χ2v) is 5.67. The number of unbranched alkanes of at least 4 members (excludes halogenated alkanes) is 1. The minimum Gasteiger partial charge on any atom is -0.261 e. The van der Waals surface area contributed by atoms with Gasteiger partial charge in [0.25, 0.3) is 0 Å². The second-order valence-electron chi connectivity index (χ2n) is 5.67. The Kier molecular flexibility index (Phi) is 12.5. The van der Waals surface area contributed by atoms with Crippen molar-refractivity contribution in [1.82, 2.24) is 0 Å². The maximum absolute atomic E-state index is 4.71. The van der Waals surface area contributed by atoms with Crippen LogP contribution in [0.4, 0.5) is 0 Å². The van der Waals surface area contributed by atoms with E-state index in [9.17, 15) is 0 Å². The summed E-state index contributed by atoms with van der Waals surface area (Å²) >= 11 is 0. The fraction of sp³-hybridized carbons (Fsp3) is 0.571. The fourth-order valence-electron chi connectivity index (χ4n) is 2.18. The molecular weight excluding hydrogens is 266 g/mol. The van der Waals surface area contributed by atoms with Gasteiger partial charge in [0.2, 0.25) is 0 Å². The summed E-state index contributed by atoms with van der Waals surface area (Å²) in [5.41, 5.74) is 5.14. The Balaban J connectivity index is 4.99. The van der Waals surface area contributed by atoms with E-state index in [-0.39, 0.29) is 0 Å². The topological polar surface area (TPSA) is 12.4 Å². The molecule has 0 aliphatic rings. The van der Waals surface area contributed by atoms with Gasteiger partial charge in [0.15, 0.2) is 0 Å². The van der Waals surface area contributed by atoms with Crippen LogP contribution in [0, 0.1) is 0 Å². The molecule has 22 heavy (non-hydrogen) atoms. The van der Waals surface area contributed by atoms with Crippen LogP contribution in [0.5, 0.6) is 0 Å². The minimum absolute atomic E-state index is 0.940. The highest BCUT2D eigenvalue weighted by Crippen LogP contribution is 2.20. The standard InChI is InChI=1S/C21H35N/c1-7-12-14-20(15-18(6)9-3)16-21(11-5)22-17-19(10-4)13-8-2/h11,13,15,17H,6-10,12,14,16H2,1-5H3/b19-13-,20-15+,21-11+,22-17+. The summed E-state index contributed by atoms with van der Waals surface area (Å²) in [5.74, 6) is 0. The SMILES string of the molecule is C=C(/C=C(\CCCC)CC(=C\C)/N=C/C(=C\CC)CC)CC. The lowest BCUT2D eigenvalue weighted by atomic mass is 10.0. The van der Waals surface area contributed by atoms with Gasteiger partial charge in [-0.05, 0) is 44.6 Å². The predicted molar refractivity (Wildman–Crippen MR) is 103 cm³/mol. The summed E-state index contributed by atoms with van der Waals surface area (Å²) in [6.45, 7) is 15.0. The minimum atomic E-state index is 0.940. The van der Waals surface area contributed by atoms with Crippen LogP contribution in [0.25, 0.3) is 0 Å². The zero-order chi connectivity index (χ0) is 16.8. The third-order valence-corrected chi connectivity index (χ3v) is 3.73. The number of hydrogen-bond acceptors (Lipinski definition) is 1. The Morgan fingerprint density at radius 2 is 1.82 bits per heavy atom. The maximum atomic E-state index is 4.71. The molecule has 0 aromatic heterocycles. The molecule has 0 aliphatic carbocycles. The van der Waals surface area contributed by atoms with E-state index in [1.54, 1.807) is 0 Å². The van der Waals surface area contributed by atoms with Gasteiger partial charge in [-0.3, -0.25) is 4.99 Å². The molecule has 0 spiro atoms. The Labute approximate surface area is 138 Å². The highest BCUT2D eigenvalue weighted by atomic mass is 14.7. The normalized spacial score (nSPS) is 14.0. The van der Waals surface area contributed by atoms with Gasteiger partial charge in [-0.2, -0.15) is 0 Å². The van der Waals surface area contributed by atoms with E-state index in [2.05, 4.69) is 59.4 Å². The second kappa shape index (κ2) is 13.3. The van der Waals surface area contributed by atoms with E-state index in [1.807, 2.05) is 6.21 Å². The van der Waals surface area contributed by atoms with Crippen molar-refractivity contribution in [2.45, 2.75) is 79.6 Å². The van der Waals surface area contributed by atoms with E-state index < -0.39 is 0 Å². The zero-order valence-electron chi connectivity index (χ0n) is 15.4. The lowest BCUT2D eigenvalue weighted by Crippen LogP contribution is -1.91. The van der Waals surface area contributed by atoms with E-state index >= 15 is 0 Å². The lowest BCUT2D eigenvalue weighted by molar-refractivity contribution is 0.767. The van der Waals surface area contributed by atoms with Crippen molar-refractivity contribution in [2.75, 3.05) is 0 Å². The van der Waals surface area contributed by atoms with Gasteiger partial charge in [-0.25, -0.2) is 0 Å².